The summed E-state index contributed by atoms with van der Waals surface area (Å²) < 4.78 is 54.7. The third kappa shape index (κ3) is 5.64. The van der Waals surface area contributed by atoms with E-state index in [-0.39, 0.29) is 9.64 Å². The molecule has 0 amide bonds. The Bertz CT molecular complexity index is 1270. The lowest BCUT2D eigenvalue weighted by Gasteiger charge is -2.27. The third-order valence-corrected chi connectivity index (χ3v) is 8.16. The number of nitrogens with zero attached hydrogens (tertiary/aromatic N) is 2. The first-order valence-electron chi connectivity index (χ1n) is 9.18. The molecule has 30 heavy (non-hydrogen) atoms. The maximum atomic E-state index is 12.7. The van der Waals surface area contributed by atoms with E-state index in [9.17, 15) is 21.6 Å². The number of aryl methyl sites for hydroxylation is 1. The van der Waals surface area contributed by atoms with Gasteiger partial charge in [0.25, 0.3) is 4.74 Å². The molecule has 0 spiro atoms. The fraction of sp³-hybridized carbons (Fsp3) is 0.389. The van der Waals surface area contributed by atoms with Gasteiger partial charge in [0.05, 0.1) is 21.8 Å². The number of hydrogen-bond donors (Lipinski definition) is 1. The van der Waals surface area contributed by atoms with Gasteiger partial charge in [0.1, 0.15) is 0 Å². The van der Waals surface area contributed by atoms with Gasteiger partial charge in [-0.3, -0.25) is 8.75 Å². The van der Waals surface area contributed by atoms with Crippen molar-refractivity contribution in [1.82, 2.24) is 8.68 Å². The first-order chi connectivity index (χ1) is 14.3. The molecule has 2 aromatic heterocycles. The Kier molecular flexibility index (Phi) is 7.58. The molecule has 1 N–H and O–H groups in total. The summed E-state index contributed by atoms with van der Waals surface area (Å²) >= 11 is 2.72. The van der Waals surface area contributed by atoms with E-state index in [1.807, 2.05) is 22.9 Å². The molecular weight excluding hydrogens is 466 g/mol. The van der Waals surface area contributed by atoms with Gasteiger partial charge in [-0.15, -0.1) is 0 Å². The van der Waals surface area contributed by atoms with Gasteiger partial charge in [-0.25, -0.2) is 13.1 Å². The van der Waals surface area contributed by atoms with Crippen molar-refractivity contribution in [2.45, 2.75) is 42.7 Å². The topological polar surface area (TPSA) is 115 Å². The van der Waals surface area contributed by atoms with Crippen LogP contribution < -0.4 is 9.46 Å². The van der Waals surface area contributed by atoms with Crippen molar-refractivity contribution in [2.24, 2.45) is 11.4 Å². The molecule has 3 aromatic rings. The van der Waals surface area contributed by atoms with E-state index in [2.05, 4.69) is 9.08 Å². The average molecular weight is 488 g/mol. The molecule has 0 unspecified atom stereocenters. The van der Waals surface area contributed by atoms with Gasteiger partial charge in [-0.1, -0.05) is 25.0 Å². The number of thiophene rings is 1. The third-order valence-electron chi connectivity index (χ3n) is 4.74. The molecule has 1 aliphatic carbocycles. The molecule has 1 aliphatic rings. The van der Waals surface area contributed by atoms with Crippen LogP contribution >= 0.6 is 22.9 Å². The maximum absolute atomic E-state index is 12.7. The second-order valence-electron chi connectivity index (χ2n) is 6.75. The highest BCUT2D eigenvalue weighted by atomic mass is 32.2. The summed E-state index contributed by atoms with van der Waals surface area (Å²) in [7, 11) is -4.73. The smallest absolute Gasteiger partial charge is 0.297 e. The van der Waals surface area contributed by atoms with Crippen LogP contribution in [0.25, 0.3) is 10.9 Å². The zero-order valence-corrected chi connectivity index (χ0v) is 19.4. The summed E-state index contributed by atoms with van der Waals surface area (Å²) in [5.41, 5.74) is 0.668. The molecule has 2 heterocycles. The van der Waals surface area contributed by atoms with Crippen LogP contribution in [-0.2, 0) is 27.6 Å². The van der Waals surface area contributed by atoms with Gasteiger partial charge in [-0.05, 0) is 53.3 Å². The van der Waals surface area contributed by atoms with Crippen LogP contribution in [0.4, 0.5) is 0 Å². The summed E-state index contributed by atoms with van der Waals surface area (Å²) in [6.45, 7) is 0. The summed E-state index contributed by atoms with van der Waals surface area (Å²) in [4.78, 5) is 11.9. The maximum Gasteiger partial charge on any atom is 0.311 e. The molecule has 1 saturated carbocycles. The van der Waals surface area contributed by atoms with Crippen molar-refractivity contribution in [2.75, 3.05) is 0 Å². The predicted molar refractivity (Wildman–Crippen MR) is 119 cm³/mol. The van der Waals surface area contributed by atoms with E-state index in [1.165, 1.54) is 12.1 Å². The van der Waals surface area contributed by atoms with Gasteiger partial charge < -0.3 is 0 Å². The number of hydrogen-bond acceptors (Lipinski definition) is 8. The summed E-state index contributed by atoms with van der Waals surface area (Å²) in [5, 5.41) is 4.43. The van der Waals surface area contributed by atoms with Crippen molar-refractivity contribution in [1.29, 1.82) is 0 Å². The van der Waals surface area contributed by atoms with Crippen LogP contribution in [0.1, 0.15) is 25.7 Å². The Morgan fingerprint density at radius 1 is 1.17 bits per heavy atom. The lowest BCUT2D eigenvalue weighted by atomic mass is 9.92. The fourth-order valence-corrected chi connectivity index (χ4v) is 6.35. The molecule has 2 atom stereocenters. The van der Waals surface area contributed by atoms with Crippen LogP contribution in [0.5, 0.6) is 0 Å². The number of fused-ring (bicyclic) bond motifs is 1. The van der Waals surface area contributed by atoms with Gasteiger partial charge in [-0.2, -0.15) is 24.1 Å². The summed E-state index contributed by atoms with van der Waals surface area (Å²) in [5.74, 6) is 0. The molecule has 0 saturated heterocycles. The summed E-state index contributed by atoms with van der Waals surface area (Å²) in [6, 6.07) is 7.26. The van der Waals surface area contributed by atoms with Gasteiger partial charge in [0.2, 0.25) is 10.0 Å². The van der Waals surface area contributed by atoms with Crippen LogP contribution in [0, 0.1) is 0 Å². The number of nitrogens with one attached hydrogen (secondary N) is 1. The molecule has 0 aliphatic heterocycles. The highest BCUT2D eigenvalue weighted by molar-refractivity contribution is 7.89. The Morgan fingerprint density at radius 3 is 2.50 bits per heavy atom. The molecule has 0 radical (unpaired) electrons. The molecule has 1 aromatic carbocycles. The van der Waals surface area contributed by atoms with Crippen molar-refractivity contribution >= 4 is 54.3 Å². The van der Waals surface area contributed by atoms with E-state index >= 15 is 0 Å². The minimum atomic E-state index is -3.88. The van der Waals surface area contributed by atoms with E-state index in [1.54, 1.807) is 28.4 Å². The zero-order valence-electron chi connectivity index (χ0n) is 16.1. The first-order valence-corrected chi connectivity index (χ1v) is 13.4. The highest BCUT2D eigenvalue weighted by Gasteiger charge is 2.30. The number of sulfonamides is 1. The Hall–Kier alpha value is -1.86. The van der Waals surface area contributed by atoms with Gasteiger partial charge >= 0.3 is 10.5 Å². The molecule has 162 valence electrons. The van der Waals surface area contributed by atoms with E-state index in [0.717, 1.165) is 24.4 Å². The standard InChI is InChI=1S/C14H17N3O5S3.C4H4S/c1-17-13-7-6-9(8-10(13)14(18)23-17)25(21,22)16-12-5-3-2-4-11(12)15-24(19)20;1-2-4-5-3-1/h6-8,11-12,16H,2-5H2,1H3;1-4H/t11-,12-;/m1./s1. The Morgan fingerprint density at radius 2 is 1.87 bits per heavy atom. The van der Waals surface area contributed by atoms with Crippen LogP contribution in [0.3, 0.4) is 0 Å². The van der Waals surface area contributed by atoms with Crippen LogP contribution in [0.15, 0.2) is 55.1 Å². The lowest BCUT2D eigenvalue weighted by molar-refractivity contribution is 0.364. The lowest BCUT2D eigenvalue weighted by Crippen LogP contribution is -2.44. The van der Waals surface area contributed by atoms with Crippen molar-refractivity contribution in [3.8, 4) is 0 Å². The molecule has 4 rings (SSSR count). The first kappa shape index (κ1) is 22.8. The molecule has 0 bridgehead atoms. The number of benzene rings is 1. The van der Waals surface area contributed by atoms with Crippen molar-refractivity contribution in [3.05, 3.63) is 50.6 Å². The Balaban J connectivity index is 0.000000448. The van der Waals surface area contributed by atoms with Crippen molar-refractivity contribution < 1.29 is 16.8 Å². The normalized spacial score (nSPS) is 19.1. The zero-order chi connectivity index (χ0) is 21.7. The summed E-state index contributed by atoms with van der Waals surface area (Å²) in [6.07, 6.45) is 2.65. The molecular formula is C18H21N3O5S4. The monoisotopic (exact) mass is 487 g/mol. The second kappa shape index (κ2) is 9.96. The second-order valence-corrected chi connectivity index (χ2v) is 11.0. The fourth-order valence-electron chi connectivity index (χ4n) is 3.32. The average Bonchev–Trinajstić information content (AvgIpc) is 3.36. The quantitative estimate of drug-likeness (QED) is 0.608. The predicted octanol–water partition coefficient (Wildman–Crippen LogP) is 3.00. The van der Waals surface area contributed by atoms with Crippen molar-refractivity contribution in [3.63, 3.8) is 0 Å². The highest BCUT2D eigenvalue weighted by Crippen LogP contribution is 2.24. The number of aromatic nitrogens is 1. The van der Waals surface area contributed by atoms with Crippen LogP contribution in [-0.4, -0.2) is 32.9 Å². The minimum Gasteiger partial charge on any atom is -0.297 e. The molecule has 12 heteroatoms. The van der Waals surface area contributed by atoms with Gasteiger partial charge in [0.15, 0.2) is 0 Å². The van der Waals surface area contributed by atoms with E-state index in [4.69, 9.17) is 0 Å². The molecule has 8 nitrogen and oxygen atoms in total. The van der Waals surface area contributed by atoms with E-state index in [0.29, 0.717) is 23.7 Å². The minimum absolute atomic E-state index is 0.0110. The Labute approximate surface area is 184 Å². The SMILES string of the molecule is Cn1sc(=O)c2cc(S(=O)(=O)N[C@@H]3CCCC[C@H]3N=S(=O)=O)ccc21.c1ccsc1. The van der Waals surface area contributed by atoms with E-state index < -0.39 is 32.6 Å². The van der Waals surface area contributed by atoms with Gasteiger partial charge in [0, 0.05) is 13.1 Å². The largest absolute Gasteiger partial charge is 0.311 e. The number of rotatable bonds is 4. The van der Waals surface area contributed by atoms with Crippen LogP contribution in [0.2, 0.25) is 0 Å². The molecule has 1 fully saturated rings.